The van der Waals surface area contributed by atoms with Crippen molar-refractivity contribution in [1.29, 1.82) is 0 Å². The third-order valence-corrected chi connectivity index (χ3v) is 3.75. The van der Waals surface area contributed by atoms with Crippen LogP contribution in [0.1, 0.15) is 16.1 Å². The molecule has 7 heteroatoms. The van der Waals surface area contributed by atoms with E-state index >= 15 is 0 Å². The number of hydrogen-bond donors (Lipinski definition) is 0. The van der Waals surface area contributed by atoms with E-state index in [2.05, 4.69) is 14.5 Å². The van der Waals surface area contributed by atoms with Gasteiger partial charge in [-0.25, -0.2) is 4.98 Å². The summed E-state index contributed by atoms with van der Waals surface area (Å²) in [5.41, 5.74) is 1.36. The molecule has 0 fully saturated rings. The van der Waals surface area contributed by atoms with Gasteiger partial charge in [0.05, 0.1) is 11.3 Å². The van der Waals surface area contributed by atoms with Crippen LogP contribution in [0.25, 0.3) is 0 Å². The first-order valence-electron chi connectivity index (χ1n) is 4.15. The molecule has 15 heavy (non-hydrogen) atoms. The number of aromatic nitrogens is 4. The Kier molecular flexibility index (Phi) is 2.83. The molecule has 2 aromatic rings. The van der Waals surface area contributed by atoms with Crippen molar-refractivity contribution < 1.29 is 4.79 Å². The van der Waals surface area contributed by atoms with Gasteiger partial charge in [0.15, 0.2) is 10.6 Å². The lowest BCUT2D eigenvalue weighted by Gasteiger charge is -1.98. The summed E-state index contributed by atoms with van der Waals surface area (Å²) in [6, 6.07) is 0. The van der Waals surface area contributed by atoms with Gasteiger partial charge in [-0.1, -0.05) is 0 Å². The summed E-state index contributed by atoms with van der Waals surface area (Å²) in [5.74, 6) is 0. The molecule has 0 N–H and O–H groups in total. The maximum Gasteiger partial charge on any atom is 0.176 e. The van der Waals surface area contributed by atoms with Crippen LogP contribution in [0.3, 0.4) is 0 Å². The lowest BCUT2D eigenvalue weighted by atomic mass is 10.3. The van der Waals surface area contributed by atoms with Gasteiger partial charge in [-0.05, 0) is 30.2 Å². The predicted molar refractivity (Wildman–Crippen MR) is 57.4 cm³/mol. The van der Waals surface area contributed by atoms with Crippen LogP contribution in [0.2, 0.25) is 0 Å². The SMILES string of the molecule is Cc1nn(C)c(Sc2ncns2)c1C=O. The first-order chi connectivity index (χ1) is 7.22. The van der Waals surface area contributed by atoms with Gasteiger partial charge in [0.25, 0.3) is 0 Å². The quantitative estimate of drug-likeness (QED) is 0.762. The van der Waals surface area contributed by atoms with Crippen molar-refractivity contribution in [3.63, 3.8) is 0 Å². The summed E-state index contributed by atoms with van der Waals surface area (Å²) in [4.78, 5) is 14.9. The fraction of sp³-hybridized carbons (Fsp3) is 0.250. The zero-order valence-corrected chi connectivity index (χ0v) is 9.80. The van der Waals surface area contributed by atoms with Crippen molar-refractivity contribution in [2.75, 3.05) is 0 Å². The summed E-state index contributed by atoms with van der Waals surface area (Å²) in [5, 5.41) is 4.99. The maximum absolute atomic E-state index is 10.9. The van der Waals surface area contributed by atoms with Crippen molar-refractivity contribution in [2.24, 2.45) is 7.05 Å². The number of aldehydes is 1. The highest BCUT2D eigenvalue weighted by Gasteiger charge is 2.14. The number of rotatable bonds is 3. The minimum atomic E-state index is 0.623. The maximum atomic E-state index is 10.9. The Morgan fingerprint density at radius 1 is 1.60 bits per heavy atom. The molecule has 0 aliphatic carbocycles. The van der Waals surface area contributed by atoms with E-state index in [-0.39, 0.29) is 0 Å². The molecule has 78 valence electrons. The molecule has 0 saturated carbocycles. The monoisotopic (exact) mass is 240 g/mol. The molecule has 0 unspecified atom stereocenters. The van der Waals surface area contributed by atoms with E-state index in [0.29, 0.717) is 5.56 Å². The Balaban J connectivity index is 2.39. The molecule has 0 amide bonds. The highest BCUT2D eigenvalue weighted by Crippen LogP contribution is 2.30. The van der Waals surface area contributed by atoms with Gasteiger partial charge in [-0.2, -0.15) is 9.47 Å². The van der Waals surface area contributed by atoms with E-state index in [0.717, 1.165) is 21.3 Å². The average Bonchev–Trinajstić information content (AvgIpc) is 2.77. The predicted octanol–water partition coefficient (Wildman–Crippen LogP) is 1.54. The Morgan fingerprint density at radius 2 is 2.40 bits per heavy atom. The highest BCUT2D eigenvalue weighted by molar-refractivity contribution is 8.01. The van der Waals surface area contributed by atoms with E-state index in [9.17, 15) is 4.79 Å². The van der Waals surface area contributed by atoms with Gasteiger partial charge in [0, 0.05) is 7.05 Å². The molecular weight excluding hydrogens is 232 g/mol. The largest absolute Gasteiger partial charge is 0.298 e. The smallest absolute Gasteiger partial charge is 0.176 e. The van der Waals surface area contributed by atoms with Crippen LogP contribution in [-0.4, -0.2) is 25.4 Å². The minimum absolute atomic E-state index is 0.623. The highest BCUT2D eigenvalue weighted by atomic mass is 32.2. The Morgan fingerprint density at radius 3 is 3.00 bits per heavy atom. The summed E-state index contributed by atoms with van der Waals surface area (Å²) < 4.78 is 6.39. The summed E-state index contributed by atoms with van der Waals surface area (Å²) >= 11 is 2.71. The Labute approximate surface area is 94.7 Å². The van der Waals surface area contributed by atoms with Gasteiger partial charge >= 0.3 is 0 Å². The lowest BCUT2D eigenvalue weighted by molar-refractivity contribution is 0.112. The van der Waals surface area contributed by atoms with Crippen LogP contribution in [0, 0.1) is 6.92 Å². The fourth-order valence-corrected chi connectivity index (χ4v) is 2.74. The zero-order valence-electron chi connectivity index (χ0n) is 8.17. The third kappa shape index (κ3) is 1.93. The summed E-state index contributed by atoms with van der Waals surface area (Å²) in [6.45, 7) is 1.81. The Hall–Kier alpha value is -1.21. The molecule has 0 aliphatic heterocycles. The Bertz CT molecular complexity index is 477. The van der Waals surface area contributed by atoms with Crippen LogP contribution < -0.4 is 0 Å². The number of aryl methyl sites for hydroxylation is 2. The van der Waals surface area contributed by atoms with Crippen molar-refractivity contribution in [1.82, 2.24) is 19.1 Å². The van der Waals surface area contributed by atoms with Crippen molar-refractivity contribution >= 4 is 29.6 Å². The molecule has 0 radical (unpaired) electrons. The minimum Gasteiger partial charge on any atom is -0.298 e. The molecule has 2 rings (SSSR count). The van der Waals surface area contributed by atoms with Crippen molar-refractivity contribution in [3.05, 3.63) is 17.6 Å². The molecule has 0 atom stereocenters. The van der Waals surface area contributed by atoms with Gasteiger partial charge in [0.1, 0.15) is 11.4 Å². The zero-order chi connectivity index (χ0) is 10.8. The topological polar surface area (TPSA) is 60.7 Å². The van der Waals surface area contributed by atoms with Crippen LogP contribution in [0.5, 0.6) is 0 Å². The summed E-state index contributed by atoms with van der Waals surface area (Å²) in [7, 11) is 1.81. The molecular formula is C8H8N4OS2. The van der Waals surface area contributed by atoms with E-state index < -0.39 is 0 Å². The van der Waals surface area contributed by atoms with Gasteiger partial charge < -0.3 is 0 Å². The van der Waals surface area contributed by atoms with Gasteiger partial charge in [0.2, 0.25) is 0 Å². The van der Waals surface area contributed by atoms with E-state index in [1.54, 1.807) is 4.68 Å². The normalized spacial score (nSPS) is 10.5. The summed E-state index contributed by atoms with van der Waals surface area (Å²) in [6.07, 6.45) is 2.32. The fourth-order valence-electron chi connectivity index (χ4n) is 1.20. The molecule has 5 nitrogen and oxygen atoms in total. The first-order valence-corrected chi connectivity index (χ1v) is 5.74. The van der Waals surface area contributed by atoms with Crippen molar-refractivity contribution in [2.45, 2.75) is 16.3 Å². The second-order valence-corrected chi connectivity index (χ2v) is 4.87. The first kappa shape index (κ1) is 10.3. The van der Waals surface area contributed by atoms with E-state index in [4.69, 9.17) is 0 Å². The molecule has 0 bridgehead atoms. The number of carbonyl (C=O) groups excluding carboxylic acids is 1. The van der Waals surface area contributed by atoms with Crippen LogP contribution in [0.4, 0.5) is 0 Å². The van der Waals surface area contributed by atoms with E-state index in [1.165, 1.54) is 29.6 Å². The van der Waals surface area contributed by atoms with Crippen LogP contribution >= 0.6 is 23.3 Å². The third-order valence-electron chi connectivity index (χ3n) is 1.86. The number of carbonyl (C=O) groups is 1. The lowest BCUT2D eigenvalue weighted by Crippen LogP contribution is -1.93. The number of nitrogens with zero attached hydrogens (tertiary/aromatic N) is 4. The molecule has 2 aromatic heterocycles. The number of hydrogen-bond acceptors (Lipinski definition) is 6. The standard InChI is InChI=1S/C8H8N4OS2/c1-5-6(3-13)7(12(2)11-5)14-8-9-4-10-15-8/h3-4H,1-2H3. The molecule has 2 heterocycles. The van der Waals surface area contributed by atoms with E-state index in [1.807, 2.05) is 14.0 Å². The van der Waals surface area contributed by atoms with Crippen LogP contribution in [0.15, 0.2) is 15.7 Å². The average molecular weight is 240 g/mol. The molecule has 0 saturated heterocycles. The molecule has 0 aromatic carbocycles. The van der Waals surface area contributed by atoms with Gasteiger partial charge in [-0.3, -0.25) is 9.48 Å². The van der Waals surface area contributed by atoms with Crippen molar-refractivity contribution in [3.8, 4) is 0 Å². The molecule has 0 spiro atoms. The van der Waals surface area contributed by atoms with Gasteiger partial charge in [-0.15, -0.1) is 0 Å². The van der Waals surface area contributed by atoms with Crippen LogP contribution in [-0.2, 0) is 7.05 Å². The second-order valence-electron chi connectivity index (χ2n) is 2.85. The molecule has 0 aliphatic rings. The second kappa shape index (κ2) is 4.11.